The van der Waals surface area contributed by atoms with Gasteiger partial charge in [-0.05, 0) is 7.05 Å². The number of carbonyl (C=O) groups is 3. The van der Waals surface area contributed by atoms with Gasteiger partial charge in [-0.3, -0.25) is 14.4 Å². The number of ether oxygens (including phenoxy) is 15. The van der Waals surface area contributed by atoms with Crippen LogP contribution in [0.15, 0.2) is 0 Å². The fourth-order valence-corrected chi connectivity index (χ4v) is 7.94. The Morgan fingerprint density at radius 3 is 0.845 bits per heavy atom. The van der Waals surface area contributed by atoms with Gasteiger partial charge in [0.2, 0.25) is 17.7 Å². The molecule has 0 aromatic rings. The third kappa shape index (κ3) is 29.1. The van der Waals surface area contributed by atoms with Crippen LogP contribution in [0.25, 0.3) is 0 Å². The predicted octanol–water partition coefficient (Wildman–Crippen LogP) is -9.94. The lowest BCUT2D eigenvalue weighted by Gasteiger charge is -2.39. The van der Waals surface area contributed by atoms with Gasteiger partial charge in [0.05, 0.1) is 164 Å². The Morgan fingerprint density at radius 1 is 0.345 bits per heavy atom. The van der Waals surface area contributed by atoms with Gasteiger partial charge in [0.1, 0.15) is 73.2 Å². The second-order valence-electron chi connectivity index (χ2n) is 19.4. The lowest BCUT2D eigenvalue weighted by molar-refractivity contribution is -0.302. The van der Waals surface area contributed by atoms with Gasteiger partial charge in [-0.25, -0.2) is 0 Å². The molecule has 0 aromatic carbocycles. The second-order valence-corrected chi connectivity index (χ2v) is 19.4. The Morgan fingerprint density at radius 2 is 0.595 bits per heavy atom. The van der Waals surface area contributed by atoms with Crippen LogP contribution in [0.3, 0.4) is 0 Å². The molecule has 6 unspecified atom stereocenters. The summed E-state index contributed by atoms with van der Waals surface area (Å²) in [5, 5.41) is 129. The van der Waals surface area contributed by atoms with Crippen LogP contribution >= 0.6 is 0 Å². The number of hydrogen-bond donors (Lipinski definition) is 16. The number of hydrogen-bond acceptors (Lipinski definition) is 31. The molecule has 3 saturated heterocycles. The summed E-state index contributed by atoms with van der Waals surface area (Å²) in [6.07, 6.45) is -20.7. The Bertz CT molecular complexity index is 1520. The molecule has 3 aliphatic heterocycles. The molecule has 0 saturated carbocycles. The first kappa shape index (κ1) is 75.5. The van der Waals surface area contributed by atoms with Crippen molar-refractivity contribution in [1.82, 2.24) is 21.3 Å². The Balaban J connectivity index is 1.29. The Hall–Kier alpha value is -2.71. The van der Waals surface area contributed by atoms with Crippen LogP contribution in [0, 0.1) is 0 Å². The van der Waals surface area contributed by atoms with Gasteiger partial charge in [0, 0.05) is 38.9 Å². The van der Waals surface area contributed by atoms with Gasteiger partial charge in [-0.15, -0.1) is 0 Å². The van der Waals surface area contributed by atoms with Crippen molar-refractivity contribution in [2.75, 3.05) is 185 Å². The summed E-state index contributed by atoms with van der Waals surface area (Å²) in [7, 11) is 1.66. The van der Waals surface area contributed by atoms with Crippen molar-refractivity contribution in [1.29, 1.82) is 0 Å². The maximum Gasteiger partial charge on any atom is 0.222 e. The normalized spacial score (nSPS) is 28.9. The summed E-state index contributed by atoms with van der Waals surface area (Å²) < 4.78 is 82.3. The molecule has 16 N–H and O–H groups in total. The number of aliphatic hydroxyl groups is 12. The molecule has 15 atom stereocenters. The van der Waals surface area contributed by atoms with Gasteiger partial charge >= 0.3 is 0 Å². The number of aliphatic hydroxyl groups excluding tert-OH is 12. The van der Waals surface area contributed by atoms with E-state index >= 15 is 0 Å². The minimum absolute atomic E-state index is 0.0137. The van der Waals surface area contributed by atoms with Gasteiger partial charge in [0.25, 0.3) is 0 Å². The maximum atomic E-state index is 12.6. The highest BCUT2D eigenvalue weighted by Gasteiger charge is 2.46. The van der Waals surface area contributed by atoms with Gasteiger partial charge in [0.15, 0.2) is 18.9 Å². The average molecular weight is 1230 g/mol. The molecule has 0 spiro atoms. The van der Waals surface area contributed by atoms with E-state index in [-0.39, 0.29) is 195 Å². The average Bonchev–Trinajstić information content (AvgIpc) is 3.51. The molecule has 34 nitrogen and oxygen atoms in total. The highest BCUT2D eigenvalue weighted by atomic mass is 16.7. The fraction of sp³-hybridized carbons (Fsp3) is 0.940. The molecule has 0 aromatic heterocycles. The number of likely N-dealkylation sites (N-methyl/N-ethyl adjacent to an activating group) is 1. The summed E-state index contributed by atoms with van der Waals surface area (Å²) >= 11 is 0. The van der Waals surface area contributed by atoms with E-state index in [0.29, 0.717) is 0 Å². The maximum absolute atomic E-state index is 12.6. The van der Waals surface area contributed by atoms with Crippen LogP contribution in [0.4, 0.5) is 0 Å². The molecule has 34 heteroatoms. The molecular formula is C50H94N4O30. The topological polar surface area (TPSA) is 481 Å². The minimum Gasteiger partial charge on any atom is -0.394 e. The number of nitrogens with one attached hydrogen (secondary N) is 4. The molecule has 3 heterocycles. The zero-order chi connectivity index (χ0) is 61.5. The lowest BCUT2D eigenvalue weighted by Crippen LogP contribution is -2.59. The summed E-state index contributed by atoms with van der Waals surface area (Å²) in [4.78, 5) is 37.7. The van der Waals surface area contributed by atoms with Crippen molar-refractivity contribution in [3.63, 3.8) is 0 Å². The summed E-state index contributed by atoms with van der Waals surface area (Å²) in [6, 6.07) is 0. The number of carbonyl (C=O) groups excluding carboxylic acids is 3. The van der Waals surface area contributed by atoms with Crippen LogP contribution in [0.2, 0.25) is 0 Å². The van der Waals surface area contributed by atoms with Crippen molar-refractivity contribution in [2.24, 2.45) is 0 Å². The predicted molar refractivity (Wildman–Crippen MR) is 281 cm³/mol. The van der Waals surface area contributed by atoms with E-state index in [1.54, 1.807) is 7.05 Å². The van der Waals surface area contributed by atoms with E-state index in [4.69, 9.17) is 71.1 Å². The second kappa shape index (κ2) is 44.7. The van der Waals surface area contributed by atoms with Gasteiger partial charge in [-0.1, -0.05) is 0 Å². The summed E-state index contributed by atoms with van der Waals surface area (Å²) in [6.45, 7) is 1.05. The smallest absolute Gasteiger partial charge is 0.222 e. The van der Waals surface area contributed by atoms with Crippen molar-refractivity contribution >= 4 is 17.7 Å². The highest BCUT2D eigenvalue weighted by Crippen LogP contribution is 2.24. The van der Waals surface area contributed by atoms with E-state index in [9.17, 15) is 75.7 Å². The van der Waals surface area contributed by atoms with Gasteiger partial charge < -0.3 is 154 Å². The van der Waals surface area contributed by atoms with Crippen LogP contribution < -0.4 is 21.3 Å². The molecule has 0 bridgehead atoms. The van der Waals surface area contributed by atoms with E-state index in [1.165, 1.54) is 0 Å². The van der Waals surface area contributed by atoms with Crippen LogP contribution in [0.5, 0.6) is 0 Å². The quantitative estimate of drug-likeness (QED) is 0.0252. The molecule has 3 rings (SSSR count). The Kier molecular flexibility index (Phi) is 40.2. The van der Waals surface area contributed by atoms with Crippen molar-refractivity contribution in [3.05, 3.63) is 0 Å². The van der Waals surface area contributed by atoms with E-state index in [2.05, 4.69) is 21.3 Å². The van der Waals surface area contributed by atoms with Crippen molar-refractivity contribution in [3.8, 4) is 0 Å². The van der Waals surface area contributed by atoms with Crippen LogP contribution in [-0.2, 0) is 85.4 Å². The molecule has 0 radical (unpaired) electrons. The number of amides is 3. The SMILES string of the molecule is CNC(COCCC(=O)NCCOCCOCCO[C@@H]1OC(CO)[C@H](O)[C@H](O)C1O)(COCCC(=O)NCCOCCOCCO[C@@H]1OC(CO)[C@H](O)[C@H](O)C1O)COCCC(=O)NCCOCCOCCO[C@@H]1OC(CO)[C@H](O)[C@H](O)C1O. The van der Waals surface area contributed by atoms with E-state index in [0.717, 1.165) is 0 Å². The Labute approximate surface area is 487 Å². The zero-order valence-corrected chi connectivity index (χ0v) is 47.6. The first-order valence-electron chi connectivity index (χ1n) is 28.0. The standard InChI is InChI=1S/C50H94N4O30/c1-51-50(29-76-8-2-35(58)52-5-11-70-14-17-73-20-23-79-47-44(67)41(64)38(61)32(26-55)82-47,30-77-9-3-36(59)53-6-12-71-15-18-74-21-24-80-48-45(68)42(65)39(62)33(27-56)83-48)31-78-10-4-37(60)54-7-13-72-16-19-75-22-25-81-49-46(69)43(66)40(63)34(28-57)84-49/h32-34,38-49,51,55-57,61-69H,2-31H2,1H3,(H,52,58)(H,53,59)(H,54,60)/t32?,33?,34?,38-,39-,40-,41-,42-,43-,44?,45?,46?,47+,48+,49+,50?/m0/s1. The third-order valence-corrected chi connectivity index (χ3v) is 13.0. The molecular weight excluding hydrogens is 1140 g/mol. The molecule has 84 heavy (non-hydrogen) atoms. The monoisotopic (exact) mass is 1230 g/mol. The molecule has 3 fully saturated rings. The van der Waals surface area contributed by atoms with Crippen LogP contribution in [0.1, 0.15) is 19.3 Å². The van der Waals surface area contributed by atoms with Gasteiger partial charge in [-0.2, -0.15) is 0 Å². The lowest BCUT2D eigenvalue weighted by atomic mass is 9.99. The first-order chi connectivity index (χ1) is 40.5. The molecule has 3 aliphatic rings. The van der Waals surface area contributed by atoms with E-state index < -0.39 is 117 Å². The largest absolute Gasteiger partial charge is 0.394 e. The van der Waals surface area contributed by atoms with Crippen molar-refractivity contribution < 1.29 is 147 Å². The minimum atomic E-state index is -1.55. The number of rotatable bonds is 49. The zero-order valence-electron chi connectivity index (χ0n) is 47.6. The fourth-order valence-electron chi connectivity index (χ4n) is 7.94. The van der Waals surface area contributed by atoms with Crippen LogP contribution in [-0.4, -0.2) is 362 Å². The van der Waals surface area contributed by atoms with Crippen molar-refractivity contribution in [2.45, 2.75) is 117 Å². The molecule has 3 amide bonds. The summed E-state index contributed by atoms with van der Waals surface area (Å²) in [5.74, 6) is -0.893. The first-order valence-corrected chi connectivity index (χ1v) is 28.0. The molecule has 0 aliphatic carbocycles. The summed E-state index contributed by atoms with van der Waals surface area (Å²) in [5.41, 5.74) is -0.963. The molecule has 494 valence electrons. The third-order valence-electron chi connectivity index (χ3n) is 13.0. The van der Waals surface area contributed by atoms with E-state index in [1.807, 2.05) is 0 Å². The highest BCUT2D eigenvalue weighted by molar-refractivity contribution is 5.76.